The molecule has 2 fully saturated rings. The predicted octanol–water partition coefficient (Wildman–Crippen LogP) is 2.26. The van der Waals surface area contributed by atoms with Gasteiger partial charge in [-0.15, -0.1) is 11.3 Å². The average Bonchev–Trinajstić information content (AvgIpc) is 3.10. The van der Waals surface area contributed by atoms with Crippen LogP contribution in [0.5, 0.6) is 0 Å². The molecule has 0 aromatic carbocycles. The number of nitrogens with zero attached hydrogens (tertiary/aromatic N) is 3. The van der Waals surface area contributed by atoms with E-state index in [0.29, 0.717) is 12.1 Å². The van der Waals surface area contributed by atoms with Crippen molar-refractivity contribution in [3.8, 4) is 0 Å². The van der Waals surface area contributed by atoms with Crippen molar-refractivity contribution in [2.75, 3.05) is 25.1 Å². The molecule has 2 unspecified atom stereocenters. The molecule has 0 radical (unpaired) electrons. The van der Waals surface area contributed by atoms with E-state index in [9.17, 15) is 0 Å². The molecule has 114 valence electrons. The topological polar surface area (TPSA) is 41.8 Å². The quantitative estimate of drug-likeness (QED) is 0.944. The van der Waals surface area contributed by atoms with Crippen molar-refractivity contribution in [1.82, 2.24) is 14.7 Å². The molecule has 3 heterocycles. The van der Waals surface area contributed by atoms with Crippen molar-refractivity contribution in [3.63, 3.8) is 0 Å². The van der Waals surface area contributed by atoms with Crippen LogP contribution in [0, 0.1) is 0 Å². The Labute approximate surface area is 128 Å². The number of morpholine rings is 1. The Bertz CT molecular complexity index is 620. The monoisotopic (exact) mass is 306 g/mol. The van der Waals surface area contributed by atoms with Gasteiger partial charge in [-0.2, -0.15) is 0 Å². The molecule has 0 bridgehead atoms. The first-order valence-electron chi connectivity index (χ1n) is 7.86. The van der Waals surface area contributed by atoms with Crippen molar-refractivity contribution in [2.45, 2.75) is 44.4 Å². The highest BCUT2D eigenvalue weighted by atomic mass is 32.1. The number of ether oxygens (including phenoxy) is 1. The van der Waals surface area contributed by atoms with Gasteiger partial charge in [0.25, 0.3) is 0 Å². The smallest absolute Gasteiger partial charge is 0.195 e. The summed E-state index contributed by atoms with van der Waals surface area (Å²) in [7, 11) is 2.00. The summed E-state index contributed by atoms with van der Waals surface area (Å²) in [5.41, 5.74) is 1.28. The van der Waals surface area contributed by atoms with Gasteiger partial charge in [-0.05, 0) is 19.9 Å². The molecule has 4 rings (SSSR count). The van der Waals surface area contributed by atoms with E-state index >= 15 is 0 Å². The maximum Gasteiger partial charge on any atom is 0.195 e. The first-order valence-corrected chi connectivity index (χ1v) is 8.73. The van der Waals surface area contributed by atoms with E-state index in [1.165, 1.54) is 31.4 Å². The lowest BCUT2D eigenvalue weighted by atomic mass is 9.90. The Balaban J connectivity index is 1.73. The molecule has 21 heavy (non-hydrogen) atoms. The SMILES string of the molecule is CNCc1c(N2CCOC3CCCCC32)nc2sccn12. The fourth-order valence-electron chi connectivity index (χ4n) is 3.74. The number of rotatable bonds is 3. The van der Waals surface area contributed by atoms with E-state index in [2.05, 4.69) is 26.2 Å². The summed E-state index contributed by atoms with van der Waals surface area (Å²) < 4.78 is 8.23. The van der Waals surface area contributed by atoms with Crippen molar-refractivity contribution in [3.05, 3.63) is 17.3 Å². The van der Waals surface area contributed by atoms with Crippen LogP contribution in [0.4, 0.5) is 5.82 Å². The lowest BCUT2D eigenvalue weighted by Gasteiger charge is -2.44. The minimum Gasteiger partial charge on any atom is -0.374 e. The van der Waals surface area contributed by atoms with Crippen LogP contribution in [0.25, 0.3) is 4.96 Å². The van der Waals surface area contributed by atoms with E-state index in [1.54, 1.807) is 11.3 Å². The standard InChI is InChI=1S/C15H22N4OS/c1-16-10-12-14(17-15-19(12)7-9-21-15)18-6-8-20-13-5-3-2-4-11(13)18/h7,9,11,13,16H,2-6,8,10H2,1H3. The summed E-state index contributed by atoms with van der Waals surface area (Å²) in [4.78, 5) is 8.52. The fourth-order valence-corrected chi connectivity index (χ4v) is 4.47. The normalized spacial score (nSPS) is 26.2. The fraction of sp³-hybridized carbons (Fsp3) is 0.667. The number of nitrogens with one attached hydrogen (secondary N) is 1. The highest BCUT2D eigenvalue weighted by Gasteiger charge is 2.36. The first-order chi connectivity index (χ1) is 10.4. The van der Waals surface area contributed by atoms with E-state index < -0.39 is 0 Å². The van der Waals surface area contributed by atoms with Crippen molar-refractivity contribution in [2.24, 2.45) is 0 Å². The van der Waals surface area contributed by atoms with Gasteiger partial charge in [0, 0.05) is 24.7 Å². The lowest BCUT2D eigenvalue weighted by Crippen LogP contribution is -2.53. The summed E-state index contributed by atoms with van der Waals surface area (Å²) in [6.07, 6.45) is 7.57. The van der Waals surface area contributed by atoms with Crippen LogP contribution in [0.3, 0.4) is 0 Å². The summed E-state index contributed by atoms with van der Waals surface area (Å²) in [5.74, 6) is 1.16. The molecule has 1 aliphatic carbocycles. The molecule has 2 aromatic heterocycles. The number of aromatic nitrogens is 2. The molecule has 6 heteroatoms. The van der Waals surface area contributed by atoms with E-state index in [4.69, 9.17) is 9.72 Å². The highest BCUT2D eigenvalue weighted by molar-refractivity contribution is 7.15. The van der Waals surface area contributed by atoms with Gasteiger partial charge in [-0.1, -0.05) is 12.8 Å². The largest absolute Gasteiger partial charge is 0.374 e. The zero-order valence-electron chi connectivity index (χ0n) is 12.4. The van der Waals surface area contributed by atoms with Crippen LogP contribution in [-0.4, -0.2) is 41.7 Å². The molecule has 1 aliphatic heterocycles. The number of thiazole rings is 1. The number of anilines is 1. The third-order valence-corrected chi connectivity index (χ3v) is 5.44. The number of fused-ring (bicyclic) bond motifs is 2. The molecule has 0 spiro atoms. The second-order valence-electron chi connectivity index (χ2n) is 5.92. The van der Waals surface area contributed by atoms with Gasteiger partial charge < -0.3 is 15.0 Å². The van der Waals surface area contributed by atoms with Gasteiger partial charge in [0.05, 0.1) is 24.4 Å². The summed E-state index contributed by atoms with van der Waals surface area (Å²) in [6, 6.07) is 0.507. The van der Waals surface area contributed by atoms with Gasteiger partial charge >= 0.3 is 0 Å². The highest BCUT2D eigenvalue weighted by Crippen LogP contribution is 2.34. The maximum atomic E-state index is 6.00. The molecule has 2 atom stereocenters. The van der Waals surface area contributed by atoms with E-state index in [0.717, 1.165) is 30.5 Å². The molecule has 0 amide bonds. The van der Waals surface area contributed by atoms with Gasteiger partial charge in [-0.3, -0.25) is 4.40 Å². The number of imidazole rings is 1. The van der Waals surface area contributed by atoms with Crippen LogP contribution in [0.1, 0.15) is 31.4 Å². The van der Waals surface area contributed by atoms with E-state index in [-0.39, 0.29) is 0 Å². The molecule has 1 N–H and O–H groups in total. The zero-order valence-corrected chi connectivity index (χ0v) is 13.2. The van der Waals surface area contributed by atoms with Crippen molar-refractivity contribution >= 4 is 22.1 Å². The van der Waals surface area contributed by atoms with Crippen LogP contribution in [0.2, 0.25) is 0 Å². The van der Waals surface area contributed by atoms with Crippen LogP contribution < -0.4 is 10.2 Å². The Kier molecular flexibility index (Phi) is 3.61. The molecular weight excluding hydrogens is 284 g/mol. The third kappa shape index (κ3) is 2.25. The summed E-state index contributed by atoms with van der Waals surface area (Å²) in [6.45, 7) is 2.63. The zero-order chi connectivity index (χ0) is 14.2. The van der Waals surface area contributed by atoms with E-state index in [1.807, 2.05) is 7.05 Å². The lowest BCUT2D eigenvalue weighted by molar-refractivity contribution is -0.00902. The predicted molar refractivity (Wildman–Crippen MR) is 85.2 cm³/mol. The Morgan fingerprint density at radius 1 is 1.43 bits per heavy atom. The minimum atomic E-state index is 0.398. The third-order valence-electron chi connectivity index (χ3n) is 4.69. The Morgan fingerprint density at radius 3 is 3.24 bits per heavy atom. The summed E-state index contributed by atoms with van der Waals surface area (Å²) >= 11 is 1.71. The van der Waals surface area contributed by atoms with Crippen molar-refractivity contribution < 1.29 is 4.74 Å². The van der Waals surface area contributed by atoms with Crippen LogP contribution in [-0.2, 0) is 11.3 Å². The Hall–Kier alpha value is -1.11. The number of hydrogen-bond donors (Lipinski definition) is 1. The van der Waals surface area contributed by atoms with Gasteiger partial charge in [0.2, 0.25) is 0 Å². The average molecular weight is 306 g/mol. The summed E-state index contributed by atoms with van der Waals surface area (Å²) in [5, 5.41) is 5.39. The molecule has 1 saturated heterocycles. The van der Waals surface area contributed by atoms with Crippen molar-refractivity contribution in [1.29, 1.82) is 0 Å². The second kappa shape index (κ2) is 5.59. The van der Waals surface area contributed by atoms with Gasteiger partial charge in [0.1, 0.15) is 0 Å². The number of hydrogen-bond acceptors (Lipinski definition) is 5. The van der Waals surface area contributed by atoms with Gasteiger partial charge in [0.15, 0.2) is 10.8 Å². The van der Waals surface area contributed by atoms with Crippen LogP contribution in [0.15, 0.2) is 11.6 Å². The molecule has 5 nitrogen and oxygen atoms in total. The second-order valence-corrected chi connectivity index (χ2v) is 6.80. The van der Waals surface area contributed by atoms with Gasteiger partial charge in [-0.25, -0.2) is 4.98 Å². The minimum absolute atomic E-state index is 0.398. The molecule has 2 aromatic rings. The Morgan fingerprint density at radius 2 is 2.33 bits per heavy atom. The van der Waals surface area contributed by atoms with Crippen LogP contribution >= 0.6 is 11.3 Å². The molecule has 1 saturated carbocycles. The molecular formula is C15H22N4OS. The first kappa shape index (κ1) is 13.5. The molecule has 2 aliphatic rings. The maximum absolute atomic E-state index is 6.00.